The predicted molar refractivity (Wildman–Crippen MR) is 87.2 cm³/mol. The zero-order chi connectivity index (χ0) is 16.2. The van der Waals surface area contributed by atoms with E-state index in [1.807, 2.05) is 6.07 Å². The van der Waals surface area contributed by atoms with Gasteiger partial charge in [-0.1, -0.05) is 23.7 Å². The van der Waals surface area contributed by atoms with Gasteiger partial charge in [-0.15, -0.1) is 0 Å². The summed E-state index contributed by atoms with van der Waals surface area (Å²) in [4.78, 5) is 11.9. The summed E-state index contributed by atoms with van der Waals surface area (Å²) in [6.45, 7) is 2.46. The van der Waals surface area contributed by atoms with Crippen LogP contribution in [0.2, 0.25) is 5.02 Å². The van der Waals surface area contributed by atoms with Gasteiger partial charge in [0.15, 0.2) is 0 Å². The van der Waals surface area contributed by atoms with Crippen molar-refractivity contribution < 1.29 is 9.13 Å². The molecule has 23 heavy (non-hydrogen) atoms. The molecule has 0 radical (unpaired) electrons. The van der Waals surface area contributed by atoms with Crippen LogP contribution in [0.15, 0.2) is 47.4 Å². The standard InChI is InChI=1S/C17H18ClFN2O2/c18-14-5-4-12(9-15(14)19)17-13(10-20-6-8-23-17)11-21-7-2-1-3-16(21)22/h1-5,7,9,13,17,20H,6,8,10-11H2/t13-,17-/m1/s1. The lowest BCUT2D eigenvalue weighted by Gasteiger charge is -2.26. The summed E-state index contributed by atoms with van der Waals surface area (Å²) in [5, 5.41) is 3.40. The van der Waals surface area contributed by atoms with E-state index in [1.54, 1.807) is 29.0 Å². The monoisotopic (exact) mass is 336 g/mol. The molecule has 1 N–H and O–H groups in total. The summed E-state index contributed by atoms with van der Waals surface area (Å²) >= 11 is 5.77. The van der Waals surface area contributed by atoms with Crippen molar-refractivity contribution in [2.24, 2.45) is 5.92 Å². The predicted octanol–water partition coefficient (Wildman–Crippen LogP) is 2.62. The molecule has 6 heteroatoms. The molecule has 0 amide bonds. The maximum Gasteiger partial charge on any atom is 0.250 e. The minimum Gasteiger partial charge on any atom is -0.372 e. The van der Waals surface area contributed by atoms with Gasteiger partial charge in [-0.05, 0) is 23.8 Å². The van der Waals surface area contributed by atoms with E-state index in [1.165, 1.54) is 12.1 Å². The van der Waals surface area contributed by atoms with Crippen molar-refractivity contribution in [3.8, 4) is 0 Å². The first kappa shape index (κ1) is 16.2. The van der Waals surface area contributed by atoms with E-state index in [0.29, 0.717) is 19.7 Å². The molecule has 0 unspecified atom stereocenters. The third kappa shape index (κ3) is 3.80. The summed E-state index contributed by atoms with van der Waals surface area (Å²) in [7, 11) is 0. The molecule has 3 rings (SSSR count). The largest absolute Gasteiger partial charge is 0.372 e. The van der Waals surface area contributed by atoms with Crippen LogP contribution in [-0.2, 0) is 11.3 Å². The molecule has 4 nitrogen and oxygen atoms in total. The summed E-state index contributed by atoms with van der Waals surface area (Å²) in [6.07, 6.45) is 1.47. The lowest BCUT2D eigenvalue weighted by atomic mass is 9.95. The number of halogens is 2. The molecule has 0 spiro atoms. The molecule has 0 saturated carbocycles. The number of benzene rings is 1. The number of nitrogens with zero attached hydrogens (tertiary/aromatic N) is 1. The molecule has 0 aliphatic carbocycles. The van der Waals surface area contributed by atoms with E-state index in [0.717, 1.165) is 12.1 Å². The fourth-order valence-corrected chi connectivity index (χ4v) is 2.99. The van der Waals surface area contributed by atoms with Crippen molar-refractivity contribution in [1.82, 2.24) is 9.88 Å². The van der Waals surface area contributed by atoms with Gasteiger partial charge in [-0.3, -0.25) is 4.79 Å². The van der Waals surface area contributed by atoms with E-state index >= 15 is 0 Å². The first-order chi connectivity index (χ1) is 11.1. The maximum atomic E-state index is 13.8. The molecule has 1 aromatic carbocycles. The second kappa shape index (κ2) is 7.25. The third-order valence-electron chi connectivity index (χ3n) is 4.01. The summed E-state index contributed by atoms with van der Waals surface area (Å²) in [5.41, 5.74) is 0.683. The molecular weight excluding hydrogens is 319 g/mol. The third-order valence-corrected chi connectivity index (χ3v) is 4.32. The fraction of sp³-hybridized carbons (Fsp3) is 0.353. The zero-order valence-corrected chi connectivity index (χ0v) is 13.3. The highest BCUT2D eigenvalue weighted by molar-refractivity contribution is 6.30. The highest BCUT2D eigenvalue weighted by atomic mass is 35.5. The van der Waals surface area contributed by atoms with Crippen LogP contribution in [0.4, 0.5) is 4.39 Å². The molecular formula is C17H18ClFN2O2. The average Bonchev–Trinajstić information content (AvgIpc) is 2.78. The fourth-order valence-electron chi connectivity index (χ4n) is 2.87. The highest BCUT2D eigenvalue weighted by Crippen LogP contribution is 2.30. The van der Waals surface area contributed by atoms with Gasteiger partial charge < -0.3 is 14.6 Å². The minimum atomic E-state index is -0.458. The molecule has 2 heterocycles. The molecule has 0 bridgehead atoms. The van der Waals surface area contributed by atoms with Crippen LogP contribution in [0.5, 0.6) is 0 Å². The molecule has 122 valence electrons. The Hall–Kier alpha value is -1.69. The second-order valence-electron chi connectivity index (χ2n) is 5.62. The lowest BCUT2D eigenvalue weighted by molar-refractivity contribution is 0.0249. The Morgan fingerprint density at radius 3 is 3.00 bits per heavy atom. The Morgan fingerprint density at radius 1 is 1.35 bits per heavy atom. The minimum absolute atomic E-state index is 0.0122. The summed E-state index contributed by atoms with van der Waals surface area (Å²) in [6, 6.07) is 9.80. The Kier molecular flexibility index (Phi) is 5.10. The molecule has 1 aliphatic heterocycles. The normalized spacial score (nSPS) is 21.8. The van der Waals surface area contributed by atoms with Crippen LogP contribution in [0, 0.1) is 11.7 Å². The number of hydrogen-bond acceptors (Lipinski definition) is 3. The van der Waals surface area contributed by atoms with Crippen molar-refractivity contribution in [3.05, 3.63) is 69.4 Å². The number of nitrogens with one attached hydrogen (secondary N) is 1. The Morgan fingerprint density at radius 2 is 2.22 bits per heavy atom. The van der Waals surface area contributed by atoms with Crippen molar-refractivity contribution in [1.29, 1.82) is 0 Å². The molecule has 1 saturated heterocycles. The number of rotatable bonds is 3. The summed E-state index contributed by atoms with van der Waals surface area (Å²) < 4.78 is 21.4. The van der Waals surface area contributed by atoms with Crippen molar-refractivity contribution in [2.75, 3.05) is 19.7 Å². The smallest absolute Gasteiger partial charge is 0.250 e. The van der Waals surface area contributed by atoms with Crippen LogP contribution in [-0.4, -0.2) is 24.3 Å². The first-order valence-corrected chi connectivity index (χ1v) is 7.95. The van der Waals surface area contributed by atoms with Crippen molar-refractivity contribution >= 4 is 11.6 Å². The Bertz CT molecular complexity index is 735. The number of hydrogen-bond donors (Lipinski definition) is 1. The average molecular weight is 337 g/mol. The van der Waals surface area contributed by atoms with Gasteiger partial charge in [-0.25, -0.2) is 4.39 Å². The van der Waals surface area contributed by atoms with Crippen LogP contribution >= 0.6 is 11.6 Å². The zero-order valence-electron chi connectivity index (χ0n) is 12.5. The lowest BCUT2D eigenvalue weighted by Crippen LogP contribution is -2.31. The maximum absolute atomic E-state index is 13.8. The van der Waals surface area contributed by atoms with Crippen LogP contribution in [0.1, 0.15) is 11.7 Å². The molecule has 2 atom stereocenters. The van der Waals surface area contributed by atoms with Gasteiger partial charge in [-0.2, -0.15) is 0 Å². The van der Waals surface area contributed by atoms with Gasteiger partial charge in [0.1, 0.15) is 5.82 Å². The summed E-state index contributed by atoms with van der Waals surface area (Å²) in [5.74, 6) is -0.446. The van der Waals surface area contributed by atoms with Crippen molar-refractivity contribution in [2.45, 2.75) is 12.6 Å². The number of ether oxygens (including phenoxy) is 1. The van der Waals surface area contributed by atoms with Gasteiger partial charge in [0.2, 0.25) is 0 Å². The van der Waals surface area contributed by atoms with Crippen molar-refractivity contribution in [3.63, 3.8) is 0 Å². The van der Waals surface area contributed by atoms with Crippen LogP contribution < -0.4 is 10.9 Å². The van der Waals surface area contributed by atoms with Gasteiger partial charge in [0, 0.05) is 37.8 Å². The molecule has 1 aromatic heterocycles. The van der Waals surface area contributed by atoms with Gasteiger partial charge in [0.25, 0.3) is 5.56 Å². The second-order valence-corrected chi connectivity index (χ2v) is 6.03. The number of aromatic nitrogens is 1. The topological polar surface area (TPSA) is 43.3 Å². The highest BCUT2D eigenvalue weighted by Gasteiger charge is 2.27. The van der Waals surface area contributed by atoms with Gasteiger partial charge in [0.05, 0.1) is 17.7 Å². The Balaban J connectivity index is 1.89. The van der Waals surface area contributed by atoms with E-state index in [-0.39, 0.29) is 22.6 Å². The molecule has 2 aromatic rings. The van der Waals surface area contributed by atoms with E-state index in [2.05, 4.69) is 5.32 Å². The van der Waals surface area contributed by atoms with Gasteiger partial charge >= 0.3 is 0 Å². The van der Waals surface area contributed by atoms with Crippen LogP contribution in [0.3, 0.4) is 0 Å². The SMILES string of the molecule is O=c1ccccn1C[C@H]1CNCCO[C@@H]1c1ccc(Cl)c(F)c1. The van der Waals surface area contributed by atoms with E-state index in [9.17, 15) is 9.18 Å². The first-order valence-electron chi connectivity index (χ1n) is 7.58. The Labute approximate surface area is 138 Å². The van der Waals surface area contributed by atoms with E-state index in [4.69, 9.17) is 16.3 Å². The molecule has 1 aliphatic rings. The van der Waals surface area contributed by atoms with Crippen LogP contribution in [0.25, 0.3) is 0 Å². The van der Waals surface area contributed by atoms with E-state index < -0.39 is 5.82 Å². The quantitative estimate of drug-likeness (QED) is 0.937. The number of pyridine rings is 1. The molecule has 1 fully saturated rings.